The van der Waals surface area contributed by atoms with Gasteiger partial charge in [-0.15, -0.1) is 5.10 Å². The van der Waals surface area contributed by atoms with E-state index in [0.29, 0.717) is 5.69 Å². The average Bonchev–Trinajstić information content (AvgIpc) is 3.49. The number of halogens is 4. The lowest BCUT2D eigenvalue weighted by atomic mass is 10.1. The molecule has 0 saturated heterocycles. The van der Waals surface area contributed by atoms with E-state index in [2.05, 4.69) is 20.1 Å². The quantitative estimate of drug-likeness (QED) is 0.229. The maximum Gasteiger partial charge on any atom is 0.433 e. The molecule has 172 valence electrons. The summed E-state index contributed by atoms with van der Waals surface area (Å²) in [6, 6.07) is 4.92. The van der Waals surface area contributed by atoms with Gasteiger partial charge in [-0.2, -0.15) is 17.6 Å². The van der Waals surface area contributed by atoms with Gasteiger partial charge < -0.3 is 4.74 Å². The minimum absolute atomic E-state index is 0.00738. The second-order valence-electron chi connectivity index (χ2n) is 7.85. The Morgan fingerprint density at radius 3 is 2.61 bits per heavy atom. The van der Waals surface area contributed by atoms with Gasteiger partial charge in [0.05, 0.1) is 11.7 Å². The molecule has 3 heterocycles. The van der Waals surface area contributed by atoms with Gasteiger partial charge in [-0.05, 0) is 50.5 Å². The van der Waals surface area contributed by atoms with Crippen molar-refractivity contribution in [2.75, 3.05) is 0 Å². The standard InChI is InChI=1S/C22H19F4N5O2/c1-12(2)33-21(32)16(14-5-6-27-19(23)9-14)10-31-11-28-20(30-31)15-7-17(13-3-4-13)29-18(8-15)22(24,25)26/h5-13H,3-4H2,1-2H3/b16-10+. The van der Waals surface area contributed by atoms with Crippen LogP contribution in [0.15, 0.2) is 36.8 Å². The Kier molecular flexibility index (Phi) is 5.96. The third-order valence-corrected chi connectivity index (χ3v) is 4.76. The van der Waals surface area contributed by atoms with E-state index in [9.17, 15) is 22.4 Å². The normalized spacial score (nSPS) is 14.6. The van der Waals surface area contributed by atoms with Gasteiger partial charge in [0.25, 0.3) is 0 Å². The smallest absolute Gasteiger partial charge is 0.433 e. The van der Waals surface area contributed by atoms with E-state index >= 15 is 0 Å². The highest BCUT2D eigenvalue weighted by Crippen LogP contribution is 2.41. The van der Waals surface area contributed by atoms with Gasteiger partial charge in [0, 0.05) is 35.6 Å². The van der Waals surface area contributed by atoms with Crippen molar-refractivity contribution in [3.8, 4) is 11.4 Å². The largest absolute Gasteiger partial charge is 0.459 e. The molecular formula is C22H19F4N5O2. The van der Waals surface area contributed by atoms with Gasteiger partial charge in [0.2, 0.25) is 5.95 Å². The van der Waals surface area contributed by atoms with Crippen LogP contribution in [0.1, 0.15) is 49.6 Å². The number of alkyl halides is 3. The second kappa shape index (κ2) is 8.72. The number of nitrogens with zero attached hydrogens (tertiary/aromatic N) is 5. The zero-order valence-electron chi connectivity index (χ0n) is 17.7. The summed E-state index contributed by atoms with van der Waals surface area (Å²) in [6.07, 6.45) is 0.218. The van der Waals surface area contributed by atoms with Crippen LogP contribution < -0.4 is 0 Å². The Morgan fingerprint density at radius 1 is 1.21 bits per heavy atom. The number of ether oxygens (including phenoxy) is 1. The van der Waals surface area contributed by atoms with Crippen LogP contribution in [0.4, 0.5) is 17.6 Å². The Bertz CT molecular complexity index is 1220. The molecule has 33 heavy (non-hydrogen) atoms. The Labute approximate surface area is 186 Å². The average molecular weight is 461 g/mol. The molecule has 11 heteroatoms. The molecule has 0 unspecified atom stereocenters. The second-order valence-corrected chi connectivity index (χ2v) is 7.85. The first-order valence-electron chi connectivity index (χ1n) is 10.2. The van der Waals surface area contributed by atoms with E-state index in [-0.39, 0.29) is 28.4 Å². The van der Waals surface area contributed by atoms with Gasteiger partial charge >= 0.3 is 12.1 Å². The van der Waals surface area contributed by atoms with E-state index in [1.807, 2.05) is 0 Å². The lowest BCUT2D eigenvalue weighted by Crippen LogP contribution is -2.14. The van der Waals surface area contributed by atoms with Gasteiger partial charge in [0.15, 0.2) is 5.82 Å². The van der Waals surface area contributed by atoms with Crippen LogP contribution in [0.3, 0.4) is 0 Å². The minimum atomic E-state index is -4.61. The number of rotatable bonds is 6. The molecule has 3 aromatic heterocycles. The zero-order chi connectivity index (χ0) is 23.8. The number of carbonyl (C=O) groups excluding carboxylic acids is 1. The molecule has 0 spiro atoms. The fraction of sp³-hybridized carbons (Fsp3) is 0.318. The summed E-state index contributed by atoms with van der Waals surface area (Å²) < 4.78 is 60.0. The molecule has 3 aromatic rings. The molecule has 0 bridgehead atoms. The predicted octanol–water partition coefficient (Wildman–Crippen LogP) is 4.72. The van der Waals surface area contributed by atoms with Crippen LogP contribution in [0, 0.1) is 5.95 Å². The maximum absolute atomic E-state index is 13.6. The molecule has 0 N–H and O–H groups in total. The summed E-state index contributed by atoms with van der Waals surface area (Å²) in [5.74, 6) is -1.50. The van der Waals surface area contributed by atoms with Gasteiger partial charge in [-0.25, -0.2) is 24.4 Å². The summed E-state index contributed by atoms with van der Waals surface area (Å²) >= 11 is 0. The van der Waals surface area contributed by atoms with Crippen molar-refractivity contribution >= 4 is 17.7 Å². The van der Waals surface area contributed by atoms with Crippen LogP contribution >= 0.6 is 0 Å². The van der Waals surface area contributed by atoms with Crippen molar-refractivity contribution in [2.45, 2.75) is 44.9 Å². The van der Waals surface area contributed by atoms with E-state index in [1.54, 1.807) is 19.9 Å². The SMILES string of the molecule is CC(C)OC(=O)/C(=C/n1cnc(-c2cc(C3CC3)nc(C(F)(F)F)c2)n1)c1ccnc(F)c1. The molecule has 4 rings (SSSR count). The molecule has 1 fully saturated rings. The number of aromatic nitrogens is 5. The van der Waals surface area contributed by atoms with Crippen molar-refractivity contribution in [2.24, 2.45) is 0 Å². The third-order valence-electron chi connectivity index (χ3n) is 4.76. The van der Waals surface area contributed by atoms with Crippen LogP contribution in [0.5, 0.6) is 0 Å². The van der Waals surface area contributed by atoms with Crippen LogP contribution in [0.2, 0.25) is 0 Å². The number of pyridine rings is 2. The number of carbonyl (C=O) groups is 1. The molecule has 0 aliphatic heterocycles. The summed E-state index contributed by atoms with van der Waals surface area (Å²) in [7, 11) is 0. The minimum Gasteiger partial charge on any atom is -0.459 e. The molecule has 0 atom stereocenters. The fourth-order valence-electron chi connectivity index (χ4n) is 3.11. The fourth-order valence-corrected chi connectivity index (χ4v) is 3.11. The van der Waals surface area contributed by atoms with E-state index in [1.165, 1.54) is 24.8 Å². The van der Waals surface area contributed by atoms with Gasteiger partial charge in [-0.3, -0.25) is 0 Å². The third kappa shape index (κ3) is 5.41. The van der Waals surface area contributed by atoms with E-state index < -0.39 is 29.9 Å². The monoisotopic (exact) mass is 461 g/mol. The van der Waals surface area contributed by atoms with Crippen LogP contribution in [0.25, 0.3) is 23.2 Å². The summed E-state index contributed by atoms with van der Waals surface area (Å²) in [5, 5.41) is 4.19. The van der Waals surface area contributed by atoms with E-state index in [0.717, 1.165) is 29.7 Å². The molecular weight excluding hydrogens is 442 g/mol. The highest BCUT2D eigenvalue weighted by atomic mass is 19.4. The molecule has 0 radical (unpaired) electrons. The van der Waals surface area contributed by atoms with E-state index in [4.69, 9.17) is 4.74 Å². The lowest BCUT2D eigenvalue weighted by Gasteiger charge is -2.11. The van der Waals surface area contributed by atoms with Gasteiger partial charge in [-0.1, -0.05) is 0 Å². The molecule has 0 amide bonds. The number of esters is 1. The topological polar surface area (TPSA) is 82.8 Å². The van der Waals surface area contributed by atoms with Crippen molar-refractivity contribution in [3.63, 3.8) is 0 Å². The Hall–Kier alpha value is -3.63. The maximum atomic E-state index is 13.6. The Balaban J connectivity index is 1.73. The first-order chi connectivity index (χ1) is 15.6. The van der Waals surface area contributed by atoms with Crippen molar-refractivity contribution in [1.82, 2.24) is 24.7 Å². The molecule has 7 nitrogen and oxygen atoms in total. The van der Waals surface area contributed by atoms with Crippen molar-refractivity contribution in [3.05, 3.63) is 59.7 Å². The van der Waals surface area contributed by atoms with Crippen molar-refractivity contribution in [1.29, 1.82) is 0 Å². The first-order valence-corrected chi connectivity index (χ1v) is 10.2. The predicted molar refractivity (Wildman–Crippen MR) is 110 cm³/mol. The molecule has 0 aromatic carbocycles. The molecule has 1 aliphatic rings. The highest BCUT2D eigenvalue weighted by Gasteiger charge is 2.35. The van der Waals surface area contributed by atoms with Crippen molar-refractivity contribution < 1.29 is 27.1 Å². The Morgan fingerprint density at radius 2 is 1.97 bits per heavy atom. The van der Waals surface area contributed by atoms with Crippen LogP contribution in [-0.4, -0.2) is 36.8 Å². The first kappa shape index (κ1) is 22.6. The molecule has 1 saturated carbocycles. The lowest BCUT2D eigenvalue weighted by molar-refractivity contribution is -0.141. The summed E-state index contributed by atoms with van der Waals surface area (Å²) in [6.45, 7) is 3.32. The molecule has 1 aliphatic carbocycles. The summed E-state index contributed by atoms with van der Waals surface area (Å²) in [5.41, 5.74) is -0.328. The number of hydrogen-bond donors (Lipinski definition) is 0. The van der Waals surface area contributed by atoms with Gasteiger partial charge in [0.1, 0.15) is 12.0 Å². The highest BCUT2D eigenvalue weighted by molar-refractivity contribution is 6.20. The summed E-state index contributed by atoms with van der Waals surface area (Å²) in [4.78, 5) is 23.9. The number of hydrogen-bond acceptors (Lipinski definition) is 6. The zero-order valence-corrected chi connectivity index (χ0v) is 17.7. The van der Waals surface area contributed by atoms with Crippen LogP contribution in [-0.2, 0) is 15.7 Å².